The molecule has 20 aromatic carbocycles. The summed E-state index contributed by atoms with van der Waals surface area (Å²) in [5.74, 6) is 0. The van der Waals surface area contributed by atoms with Gasteiger partial charge in [-0.2, -0.15) is 0 Å². The molecule has 0 bridgehead atoms. The van der Waals surface area contributed by atoms with E-state index in [0.29, 0.717) is 0 Å². The standard InChI is InChI=1S/C120H84N2/c1-119(2)111-74-67-94(79-110(111)108-73-72-99(80-114(108)119)121(97-68-63-83(64-69-97)88-39-23-37-86(75-88)81-31-7-3-8-32-81)115-60-21-18-50-104(115)92-43-25-41-90(77-92)101-53-27-36-85-35-15-16-49-100(85)101)103-55-29-56-106-102(54-28-57-107(103)106)91-42-26-44-93(78-91)105-51-19-22-61-116(105)122(98-70-65-84(66-71-98)89-40-24-38-87(76-89)82-33-9-4-10-34-82)117-62-30-59-113-118(117)109-52-17-20-58-112(109)120(113,95-45-11-5-12-46-95)96-47-13-6-14-48-96/h3-80H,1-2H3. The van der Waals surface area contributed by atoms with Crippen LogP contribution in [-0.4, -0.2) is 0 Å². The first-order chi connectivity index (χ1) is 60.3. The summed E-state index contributed by atoms with van der Waals surface area (Å²) in [6.07, 6.45) is 0. The SMILES string of the molecule is CC1(C)c2ccc(-c3cccc4c(-c5cccc(-c6ccccc6N(c6ccc(-c7cccc(-c8ccccc8)c7)cc6)c6cccc7c6-c6ccccc6C7(c6ccccc6)c6ccccc6)c5)cccc34)cc2-c2ccc(N(c3ccc(-c4cccc(-c5ccccc5)c4)cc3)c3ccccc3-c3cccc(-c4cccc5ccccc45)c3)cc21. The summed E-state index contributed by atoms with van der Waals surface area (Å²) in [7, 11) is 0. The fraction of sp³-hybridized carbons (Fsp3) is 0.0333. The summed E-state index contributed by atoms with van der Waals surface area (Å²) in [6, 6.07) is 176. The molecule has 0 N–H and O–H groups in total. The maximum atomic E-state index is 2.53. The Morgan fingerprint density at radius 2 is 0.516 bits per heavy atom. The highest BCUT2D eigenvalue weighted by Crippen LogP contribution is 2.61. The first-order valence-corrected chi connectivity index (χ1v) is 42.4. The van der Waals surface area contributed by atoms with E-state index in [2.05, 4.69) is 497 Å². The summed E-state index contributed by atoms with van der Waals surface area (Å²) >= 11 is 0. The Morgan fingerprint density at radius 3 is 1.07 bits per heavy atom. The van der Waals surface area contributed by atoms with Gasteiger partial charge in [-0.1, -0.05) is 402 Å². The van der Waals surface area contributed by atoms with Crippen LogP contribution in [0.5, 0.6) is 0 Å². The Morgan fingerprint density at radius 1 is 0.172 bits per heavy atom. The van der Waals surface area contributed by atoms with Gasteiger partial charge in [-0.05, 0) is 246 Å². The lowest BCUT2D eigenvalue weighted by Crippen LogP contribution is -2.28. The molecule has 574 valence electrons. The first-order valence-electron chi connectivity index (χ1n) is 42.4. The number of benzene rings is 20. The number of hydrogen-bond donors (Lipinski definition) is 0. The van der Waals surface area contributed by atoms with Crippen molar-refractivity contribution in [2.45, 2.75) is 24.7 Å². The number of hydrogen-bond acceptors (Lipinski definition) is 2. The number of para-hydroxylation sites is 2. The molecule has 0 amide bonds. The number of anilines is 6. The molecule has 122 heavy (non-hydrogen) atoms. The van der Waals surface area contributed by atoms with Gasteiger partial charge in [-0.25, -0.2) is 0 Å². The van der Waals surface area contributed by atoms with Crippen LogP contribution in [0.3, 0.4) is 0 Å². The molecule has 0 aromatic heterocycles. The lowest BCUT2D eigenvalue weighted by atomic mass is 9.68. The minimum Gasteiger partial charge on any atom is -0.310 e. The van der Waals surface area contributed by atoms with Gasteiger partial charge in [0.25, 0.3) is 0 Å². The van der Waals surface area contributed by atoms with E-state index >= 15 is 0 Å². The van der Waals surface area contributed by atoms with Crippen LogP contribution in [-0.2, 0) is 10.8 Å². The van der Waals surface area contributed by atoms with E-state index in [-0.39, 0.29) is 5.41 Å². The van der Waals surface area contributed by atoms with Crippen LogP contribution in [0.4, 0.5) is 34.1 Å². The molecular weight excluding hydrogens is 1470 g/mol. The van der Waals surface area contributed by atoms with Crippen molar-refractivity contribution < 1.29 is 0 Å². The van der Waals surface area contributed by atoms with Crippen molar-refractivity contribution in [1.82, 2.24) is 0 Å². The molecule has 0 atom stereocenters. The highest BCUT2D eigenvalue weighted by atomic mass is 15.2. The molecule has 0 saturated heterocycles. The second-order valence-corrected chi connectivity index (χ2v) is 32.9. The molecule has 20 aromatic rings. The Labute approximate surface area is 714 Å². The van der Waals surface area contributed by atoms with Gasteiger partial charge in [0.15, 0.2) is 0 Å². The normalized spacial score (nSPS) is 12.6. The maximum absolute atomic E-state index is 2.53. The zero-order valence-corrected chi connectivity index (χ0v) is 67.9. The van der Waals surface area contributed by atoms with Crippen LogP contribution < -0.4 is 9.80 Å². The fourth-order valence-electron chi connectivity index (χ4n) is 20.0. The van der Waals surface area contributed by atoms with Gasteiger partial charge >= 0.3 is 0 Å². The zero-order chi connectivity index (χ0) is 81.2. The summed E-state index contributed by atoms with van der Waals surface area (Å²) in [6.45, 7) is 4.81. The topological polar surface area (TPSA) is 6.48 Å². The molecule has 0 fully saturated rings. The average molecular weight is 1550 g/mol. The van der Waals surface area contributed by atoms with Crippen molar-refractivity contribution in [2.75, 3.05) is 9.80 Å². The Hall–Kier alpha value is -15.5. The van der Waals surface area contributed by atoms with E-state index in [1.165, 1.54) is 138 Å². The molecular formula is C120H84N2. The average Bonchev–Trinajstić information content (AvgIpc) is 1.54. The zero-order valence-electron chi connectivity index (χ0n) is 67.9. The Kier molecular flexibility index (Phi) is 18.2. The van der Waals surface area contributed by atoms with Crippen molar-refractivity contribution in [3.05, 3.63) is 507 Å². The van der Waals surface area contributed by atoms with Gasteiger partial charge in [0.05, 0.1) is 22.5 Å². The number of nitrogens with zero attached hydrogens (tertiary/aromatic N) is 2. The second-order valence-electron chi connectivity index (χ2n) is 32.9. The Balaban J connectivity index is 0.634. The van der Waals surface area contributed by atoms with Crippen LogP contribution in [0.15, 0.2) is 473 Å². The van der Waals surface area contributed by atoms with E-state index in [4.69, 9.17) is 0 Å². The maximum Gasteiger partial charge on any atom is 0.0714 e. The minimum absolute atomic E-state index is 0.318. The molecule has 2 aliphatic carbocycles. The summed E-state index contributed by atoms with van der Waals surface area (Å²) in [4.78, 5) is 5.01. The molecule has 0 spiro atoms. The van der Waals surface area contributed by atoms with Crippen molar-refractivity contribution >= 4 is 55.7 Å². The van der Waals surface area contributed by atoms with E-state index in [1.807, 2.05) is 0 Å². The highest BCUT2D eigenvalue weighted by Gasteiger charge is 2.48. The predicted octanol–water partition coefficient (Wildman–Crippen LogP) is 32.6. The second kappa shape index (κ2) is 30.5. The van der Waals surface area contributed by atoms with Crippen LogP contribution in [0.25, 0.3) is 144 Å². The molecule has 22 rings (SSSR count). The third-order valence-corrected chi connectivity index (χ3v) is 25.8. The molecule has 0 aliphatic heterocycles. The van der Waals surface area contributed by atoms with Crippen LogP contribution in [0.1, 0.15) is 47.2 Å². The molecule has 0 heterocycles. The molecule has 2 nitrogen and oxygen atoms in total. The monoisotopic (exact) mass is 1550 g/mol. The molecule has 0 radical (unpaired) electrons. The van der Waals surface area contributed by atoms with Gasteiger partial charge in [-0.15, -0.1) is 0 Å². The Bertz CT molecular complexity index is 7340. The summed E-state index contributed by atoms with van der Waals surface area (Å²) < 4.78 is 0. The van der Waals surface area contributed by atoms with Gasteiger partial charge < -0.3 is 9.80 Å². The number of rotatable bonds is 17. The lowest BCUT2D eigenvalue weighted by Gasteiger charge is -2.34. The summed E-state index contributed by atoms with van der Waals surface area (Å²) in [5.41, 5.74) is 39.3. The van der Waals surface area contributed by atoms with Crippen LogP contribution in [0.2, 0.25) is 0 Å². The van der Waals surface area contributed by atoms with Gasteiger partial charge in [-0.3, -0.25) is 0 Å². The smallest absolute Gasteiger partial charge is 0.0714 e. The van der Waals surface area contributed by atoms with Gasteiger partial charge in [0.2, 0.25) is 0 Å². The quantitative estimate of drug-likeness (QED) is 0.0896. The fourth-order valence-corrected chi connectivity index (χ4v) is 20.0. The van der Waals surface area contributed by atoms with Gasteiger partial charge in [0.1, 0.15) is 0 Å². The van der Waals surface area contributed by atoms with Crippen molar-refractivity contribution in [3.8, 4) is 122 Å². The first kappa shape index (κ1) is 72.9. The molecule has 0 saturated carbocycles. The van der Waals surface area contributed by atoms with Crippen molar-refractivity contribution in [1.29, 1.82) is 0 Å². The van der Waals surface area contributed by atoms with Crippen LogP contribution >= 0.6 is 0 Å². The minimum atomic E-state index is -0.592. The largest absolute Gasteiger partial charge is 0.310 e. The van der Waals surface area contributed by atoms with Crippen molar-refractivity contribution in [2.24, 2.45) is 0 Å². The van der Waals surface area contributed by atoms with E-state index in [9.17, 15) is 0 Å². The lowest BCUT2D eigenvalue weighted by molar-refractivity contribution is 0.660. The highest BCUT2D eigenvalue weighted by molar-refractivity contribution is 6.07. The van der Waals surface area contributed by atoms with Crippen molar-refractivity contribution in [3.63, 3.8) is 0 Å². The third kappa shape index (κ3) is 12.6. The van der Waals surface area contributed by atoms with Gasteiger partial charge in [0, 0.05) is 39.2 Å². The summed E-state index contributed by atoms with van der Waals surface area (Å²) in [5, 5.41) is 4.88. The molecule has 0 unspecified atom stereocenters. The molecule has 2 aliphatic rings. The van der Waals surface area contributed by atoms with E-state index in [0.717, 1.165) is 73.1 Å². The third-order valence-electron chi connectivity index (χ3n) is 25.8. The van der Waals surface area contributed by atoms with Crippen LogP contribution in [0, 0.1) is 0 Å². The number of fused-ring (bicyclic) bond motifs is 8. The predicted molar refractivity (Wildman–Crippen MR) is 515 cm³/mol. The van der Waals surface area contributed by atoms with E-state index in [1.54, 1.807) is 0 Å². The van der Waals surface area contributed by atoms with E-state index < -0.39 is 5.41 Å². The molecule has 2 heteroatoms.